The number of halogens is 1. The lowest BCUT2D eigenvalue weighted by Crippen LogP contribution is -2.51. The molecule has 0 spiro atoms. The Kier molecular flexibility index (Phi) is 6.69. The second-order valence-corrected chi connectivity index (χ2v) is 9.21. The molecule has 1 N–H and O–H groups in total. The van der Waals surface area contributed by atoms with Crippen LogP contribution in [0.1, 0.15) is 29.3 Å². The molecule has 29 heavy (non-hydrogen) atoms. The van der Waals surface area contributed by atoms with Crippen molar-refractivity contribution in [2.75, 3.05) is 25.0 Å². The lowest BCUT2D eigenvalue weighted by Gasteiger charge is -2.34. The molecule has 9 heteroatoms. The molecular formula is C20H22ClN3O4S. The van der Waals surface area contributed by atoms with Crippen molar-refractivity contribution in [3.05, 3.63) is 64.7 Å². The molecule has 0 aromatic heterocycles. The molecule has 1 aliphatic rings. The van der Waals surface area contributed by atoms with Gasteiger partial charge in [-0.1, -0.05) is 35.9 Å². The summed E-state index contributed by atoms with van der Waals surface area (Å²) >= 11 is 5.99. The van der Waals surface area contributed by atoms with Gasteiger partial charge in [-0.2, -0.15) is 17.0 Å². The van der Waals surface area contributed by atoms with Gasteiger partial charge in [0.15, 0.2) is 5.78 Å². The van der Waals surface area contributed by atoms with E-state index in [1.54, 1.807) is 42.5 Å². The van der Waals surface area contributed by atoms with Crippen LogP contribution in [0.3, 0.4) is 0 Å². The Bertz CT molecular complexity index is 1030. The molecule has 2 aromatic carbocycles. The van der Waals surface area contributed by atoms with E-state index in [1.165, 1.54) is 15.5 Å². The number of ketones is 1. The summed E-state index contributed by atoms with van der Waals surface area (Å²) in [7, 11) is -3.78. The summed E-state index contributed by atoms with van der Waals surface area (Å²) in [5.41, 5.74) is 1.71. The average molecular weight is 436 g/mol. The maximum absolute atomic E-state index is 12.9. The molecule has 1 saturated heterocycles. The molecule has 0 atom stereocenters. The summed E-state index contributed by atoms with van der Waals surface area (Å²) in [6.07, 6.45) is 0.618. The number of carbonyl (C=O) groups excluding carboxylic acids is 2. The Morgan fingerprint density at radius 2 is 1.79 bits per heavy atom. The van der Waals surface area contributed by atoms with Gasteiger partial charge in [-0.15, -0.1) is 0 Å². The van der Waals surface area contributed by atoms with Gasteiger partial charge < -0.3 is 5.32 Å². The molecule has 154 valence electrons. The fourth-order valence-corrected chi connectivity index (χ4v) is 5.01. The molecular weight excluding hydrogens is 414 g/mol. The van der Waals surface area contributed by atoms with Crippen LogP contribution in [0.5, 0.6) is 0 Å². The summed E-state index contributed by atoms with van der Waals surface area (Å²) < 4.78 is 28.4. The van der Waals surface area contributed by atoms with Gasteiger partial charge in [-0.3, -0.25) is 9.59 Å². The van der Waals surface area contributed by atoms with Crippen LogP contribution in [-0.4, -0.2) is 48.4 Å². The van der Waals surface area contributed by atoms with E-state index in [2.05, 4.69) is 5.32 Å². The van der Waals surface area contributed by atoms with Crippen molar-refractivity contribution in [2.45, 2.75) is 19.9 Å². The normalized spacial score (nSPS) is 17.0. The highest BCUT2D eigenvalue weighted by Gasteiger charge is 2.34. The zero-order valence-corrected chi connectivity index (χ0v) is 17.5. The standard InChI is InChI=1S/C20H22ClN3O4S/c1-15(25)17-6-3-8-19(12-17)22-20(26)14-24-10-4-9-23(29(24,27)28)13-16-5-2-7-18(21)11-16/h2-3,5-8,11-12H,4,9-10,13-14H2,1H3,(H,22,26). The van der Waals surface area contributed by atoms with E-state index in [-0.39, 0.29) is 25.4 Å². The van der Waals surface area contributed by atoms with Crippen LogP contribution >= 0.6 is 11.6 Å². The molecule has 1 fully saturated rings. The number of anilines is 1. The molecule has 0 aliphatic carbocycles. The summed E-state index contributed by atoms with van der Waals surface area (Å²) in [5.74, 6) is -0.574. The van der Waals surface area contributed by atoms with Crippen molar-refractivity contribution in [3.63, 3.8) is 0 Å². The van der Waals surface area contributed by atoms with Gasteiger partial charge in [0.1, 0.15) is 0 Å². The first kappa shape index (κ1) is 21.4. The van der Waals surface area contributed by atoms with E-state index in [1.807, 2.05) is 6.07 Å². The monoisotopic (exact) mass is 435 g/mol. The second kappa shape index (κ2) is 9.04. The first-order valence-corrected chi connectivity index (χ1v) is 10.9. The van der Waals surface area contributed by atoms with Crippen molar-refractivity contribution in [1.82, 2.24) is 8.61 Å². The first-order chi connectivity index (χ1) is 13.8. The van der Waals surface area contributed by atoms with Crippen LogP contribution in [0.4, 0.5) is 5.69 Å². The Morgan fingerprint density at radius 1 is 1.07 bits per heavy atom. The Hall–Kier alpha value is -2.26. The summed E-state index contributed by atoms with van der Waals surface area (Å²) in [5, 5.41) is 3.20. The van der Waals surface area contributed by atoms with Gasteiger partial charge in [0, 0.05) is 35.9 Å². The molecule has 1 amide bonds. The lowest BCUT2D eigenvalue weighted by atomic mass is 10.1. The fourth-order valence-electron chi connectivity index (χ4n) is 3.15. The molecule has 3 rings (SSSR count). The van der Waals surface area contributed by atoms with Gasteiger partial charge in [-0.25, -0.2) is 0 Å². The highest BCUT2D eigenvalue weighted by Crippen LogP contribution is 2.21. The number of amides is 1. The van der Waals surface area contributed by atoms with Crippen LogP contribution in [0, 0.1) is 0 Å². The minimum absolute atomic E-state index is 0.114. The van der Waals surface area contributed by atoms with Crippen LogP contribution in [0.25, 0.3) is 0 Å². The molecule has 7 nitrogen and oxygen atoms in total. The molecule has 2 aromatic rings. The van der Waals surface area contributed by atoms with E-state index in [0.717, 1.165) is 5.56 Å². The summed E-state index contributed by atoms with van der Waals surface area (Å²) in [6, 6.07) is 13.6. The van der Waals surface area contributed by atoms with E-state index < -0.39 is 16.1 Å². The van der Waals surface area contributed by atoms with Crippen molar-refractivity contribution in [1.29, 1.82) is 0 Å². The van der Waals surface area contributed by atoms with Crippen molar-refractivity contribution >= 4 is 39.2 Å². The van der Waals surface area contributed by atoms with Crippen LogP contribution < -0.4 is 5.32 Å². The first-order valence-electron chi connectivity index (χ1n) is 9.16. The Labute approximate surface area is 175 Å². The fraction of sp³-hybridized carbons (Fsp3) is 0.300. The third-order valence-corrected chi connectivity index (χ3v) is 6.75. The van der Waals surface area contributed by atoms with Gasteiger partial charge >= 0.3 is 0 Å². The number of hydrogen-bond acceptors (Lipinski definition) is 4. The molecule has 0 bridgehead atoms. The number of hydrogen-bond donors (Lipinski definition) is 1. The van der Waals surface area contributed by atoms with Gasteiger partial charge in [0.05, 0.1) is 6.54 Å². The molecule has 1 heterocycles. The maximum atomic E-state index is 12.9. The number of Topliss-reactive ketones (excluding diaryl/α,β-unsaturated/α-hetero) is 1. The van der Waals surface area contributed by atoms with Crippen LogP contribution in [0.15, 0.2) is 48.5 Å². The van der Waals surface area contributed by atoms with E-state index in [4.69, 9.17) is 11.6 Å². The third-order valence-electron chi connectivity index (χ3n) is 4.59. The predicted molar refractivity (Wildman–Crippen MR) is 112 cm³/mol. The van der Waals surface area contributed by atoms with Gasteiger partial charge in [0.2, 0.25) is 5.91 Å². The highest BCUT2D eigenvalue weighted by molar-refractivity contribution is 7.86. The SMILES string of the molecule is CC(=O)c1cccc(NC(=O)CN2CCCN(Cc3cccc(Cl)c3)S2(=O)=O)c1. The van der Waals surface area contributed by atoms with Crippen molar-refractivity contribution < 1.29 is 18.0 Å². The molecule has 1 aliphatic heterocycles. The van der Waals surface area contributed by atoms with E-state index in [0.29, 0.717) is 29.2 Å². The summed E-state index contributed by atoms with van der Waals surface area (Å²) in [6.45, 7) is 2.00. The van der Waals surface area contributed by atoms with E-state index >= 15 is 0 Å². The number of nitrogens with one attached hydrogen (secondary N) is 1. The molecule has 0 unspecified atom stereocenters. The summed E-state index contributed by atoms with van der Waals surface area (Å²) in [4.78, 5) is 23.9. The van der Waals surface area contributed by atoms with Gasteiger partial charge in [0.25, 0.3) is 10.2 Å². The second-order valence-electron chi connectivity index (χ2n) is 6.84. The smallest absolute Gasteiger partial charge is 0.282 e. The minimum atomic E-state index is -3.78. The number of benzene rings is 2. The zero-order chi connectivity index (χ0) is 21.0. The van der Waals surface area contributed by atoms with Crippen molar-refractivity contribution in [3.8, 4) is 0 Å². The topological polar surface area (TPSA) is 86.8 Å². The van der Waals surface area contributed by atoms with Crippen LogP contribution in [0.2, 0.25) is 5.02 Å². The molecule has 0 radical (unpaired) electrons. The largest absolute Gasteiger partial charge is 0.325 e. The maximum Gasteiger partial charge on any atom is 0.282 e. The number of nitrogens with zero attached hydrogens (tertiary/aromatic N) is 2. The quantitative estimate of drug-likeness (QED) is 0.707. The van der Waals surface area contributed by atoms with E-state index in [9.17, 15) is 18.0 Å². The van der Waals surface area contributed by atoms with Crippen molar-refractivity contribution in [2.24, 2.45) is 0 Å². The zero-order valence-electron chi connectivity index (χ0n) is 16.0. The minimum Gasteiger partial charge on any atom is -0.325 e. The lowest BCUT2D eigenvalue weighted by molar-refractivity contribution is -0.116. The average Bonchev–Trinajstić information content (AvgIpc) is 2.65. The van der Waals surface area contributed by atoms with Gasteiger partial charge in [-0.05, 0) is 43.2 Å². The predicted octanol–water partition coefficient (Wildman–Crippen LogP) is 2.93. The number of rotatable bonds is 6. The number of carbonyl (C=O) groups is 2. The Morgan fingerprint density at radius 3 is 2.52 bits per heavy atom. The third kappa shape index (κ3) is 5.42. The Balaban J connectivity index is 1.67. The van der Waals surface area contributed by atoms with Crippen LogP contribution in [-0.2, 0) is 21.5 Å². The molecule has 0 saturated carbocycles. The highest BCUT2D eigenvalue weighted by atomic mass is 35.5.